The lowest BCUT2D eigenvalue weighted by Gasteiger charge is -2.17. The monoisotopic (exact) mass is 233 g/mol. The molecule has 17 heavy (non-hydrogen) atoms. The Morgan fingerprint density at radius 3 is 1.53 bits per heavy atom. The van der Waals surface area contributed by atoms with Gasteiger partial charge >= 0.3 is 0 Å². The molecule has 0 unspecified atom stereocenters. The van der Waals surface area contributed by atoms with Crippen LogP contribution in [0.3, 0.4) is 0 Å². The molecular weight excluding hydrogens is 208 g/mol. The van der Waals surface area contributed by atoms with Gasteiger partial charge < -0.3 is 0 Å². The summed E-state index contributed by atoms with van der Waals surface area (Å²) < 4.78 is 5.74. The zero-order valence-corrected chi connectivity index (χ0v) is 10.7. The summed E-state index contributed by atoms with van der Waals surface area (Å²) in [6.45, 7) is 0. The van der Waals surface area contributed by atoms with E-state index >= 15 is 0 Å². The van der Waals surface area contributed by atoms with E-state index in [4.69, 9.17) is 1.37 Å². The van der Waals surface area contributed by atoms with Crippen molar-refractivity contribution in [2.75, 3.05) is 0 Å². The highest BCUT2D eigenvalue weighted by Gasteiger charge is 2.12. The smallest absolute Gasteiger partial charge is 0.124 e. The largest absolute Gasteiger partial charge is 0.222 e. The van der Waals surface area contributed by atoms with Crippen LogP contribution < -0.4 is 0 Å². The number of nitrogens with zero attached hydrogens (tertiary/aromatic N) is 2. The normalized spacial score (nSPS) is 22.2. The summed E-state index contributed by atoms with van der Waals surface area (Å²) >= 11 is 0. The van der Waals surface area contributed by atoms with Crippen molar-refractivity contribution in [2.24, 2.45) is 9.98 Å². The van der Waals surface area contributed by atoms with Crippen molar-refractivity contribution >= 4 is 6.01 Å². The highest BCUT2D eigenvalue weighted by molar-refractivity contribution is 5.42. The van der Waals surface area contributed by atoms with Crippen LogP contribution in [-0.4, -0.2) is 18.1 Å². The molecule has 2 rings (SSSR count). The van der Waals surface area contributed by atoms with Crippen LogP contribution in [-0.2, 0) is 0 Å². The summed E-state index contributed by atoms with van der Waals surface area (Å²) in [7, 11) is 0. The molecule has 0 bridgehead atoms. The summed E-state index contributed by atoms with van der Waals surface area (Å²) in [5.74, 6) is 0. The molecule has 0 N–H and O–H groups in total. The second-order valence-corrected chi connectivity index (χ2v) is 4.94. The fraction of sp³-hybridized carbons (Fsp3) is 0.800. The highest BCUT2D eigenvalue weighted by Crippen LogP contribution is 2.21. The zero-order chi connectivity index (χ0) is 13.1. The first kappa shape index (κ1) is 12.4. The third kappa shape index (κ3) is 5.71. The van der Waals surface area contributed by atoms with Crippen LogP contribution in [0.1, 0.15) is 65.6 Å². The Balaban J connectivity index is 0.000000492. The molecule has 0 amide bonds. The highest BCUT2D eigenvalue weighted by atomic mass is 14.9. The van der Waals surface area contributed by atoms with Crippen molar-refractivity contribution in [1.82, 2.24) is 0 Å². The van der Waals surface area contributed by atoms with Gasteiger partial charge in [0, 0.05) is 0 Å². The van der Waals surface area contributed by atoms with Gasteiger partial charge in [-0.2, -0.15) is 0 Å². The van der Waals surface area contributed by atoms with Crippen LogP contribution in [0, 0.1) is 12.8 Å². The van der Waals surface area contributed by atoms with Crippen LogP contribution in [0.25, 0.3) is 0 Å². The maximum atomic E-state index is 5.74. The van der Waals surface area contributed by atoms with Crippen molar-refractivity contribution in [3.05, 3.63) is 0 Å². The molecule has 0 heterocycles. The zero-order valence-electron chi connectivity index (χ0n) is 11.7. The Morgan fingerprint density at radius 1 is 0.824 bits per heavy atom. The van der Waals surface area contributed by atoms with Gasteiger partial charge in [0.2, 0.25) is 0 Å². The minimum absolute atomic E-state index is 0.533. The first-order valence-electron chi connectivity index (χ1n) is 7.39. The summed E-state index contributed by atoms with van der Waals surface area (Å²) in [5.41, 5.74) is 0. The van der Waals surface area contributed by atoms with Gasteiger partial charge in [0.05, 0.1) is 18.1 Å². The molecular formula is C15H24N2. The molecule has 2 saturated carbocycles. The van der Waals surface area contributed by atoms with E-state index in [2.05, 4.69) is 22.4 Å². The number of aliphatic imine (C=N–C) groups is 2. The van der Waals surface area contributed by atoms with Crippen molar-refractivity contribution in [3.8, 4) is 12.8 Å². The van der Waals surface area contributed by atoms with Crippen LogP contribution >= 0.6 is 0 Å². The SMILES string of the molecule is C(=NC1CCCCC1)=NC1CCCCC1.[2H]C#C. The fourth-order valence-corrected chi connectivity index (χ4v) is 2.62. The summed E-state index contributed by atoms with van der Waals surface area (Å²) in [4.78, 5) is 8.92. The van der Waals surface area contributed by atoms with Crippen LogP contribution in [0.4, 0.5) is 0 Å². The molecule has 2 fully saturated rings. The van der Waals surface area contributed by atoms with E-state index in [1.54, 1.807) is 0 Å². The van der Waals surface area contributed by atoms with E-state index in [1.165, 1.54) is 70.6 Å². The number of terminal acetylenes is 1. The molecule has 2 aliphatic carbocycles. The maximum absolute atomic E-state index is 5.74. The van der Waals surface area contributed by atoms with Gasteiger partial charge in [-0.3, -0.25) is 0 Å². The Bertz CT molecular complexity index is 279. The van der Waals surface area contributed by atoms with Crippen LogP contribution in [0.2, 0.25) is 0 Å². The quantitative estimate of drug-likeness (QED) is 0.507. The lowest BCUT2D eigenvalue weighted by Crippen LogP contribution is -2.10. The minimum atomic E-state index is 0.533. The standard InChI is InChI=1S/C13H22N2.C2H2/c1-3-7-12(8-4-1)14-11-15-13-9-5-2-6-10-13;1-2/h12-13H,1-10H2;1-2H/i;1D. The first-order valence-corrected chi connectivity index (χ1v) is 6.89. The number of rotatable bonds is 2. The average molecular weight is 233 g/mol. The third-order valence-electron chi connectivity index (χ3n) is 3.63. The average Bonchev–Trinajstić information content (AvgIpc) is 2.42. The Hall–Kier alpha value is -1.06. The molecule has 0 saturated heterocycles. The predicted octanol–water partition coefficient (Wildman–Crippen LogP) is 4.08. The van der Waals surface area contributed by atoms with Crippen LogP contribution in [0.15, 0.2) is 9.98 Å². The molecule has 0 aromatic carbocycles. The van der Waals surface area contributed by atoms with Crippen molar-refractivity contribution in [2.45, 2.75) is 76.3 Å². The lowest BCUT2D eigenvalue weighted by atomic mass is 9.96. The van der Waals surface area contributed by atoms with Crippen LogP contribution in [0.5, 0.6) is 0 Å². The molecule has 0 atom stereocenters. The summed E-state index contributed by atoms with van der Waals surface area (Å²) in [6, 6.07) is 4.04. The minimum Gasteiger partial charge on any atom is -0.222 e. The molecule has 94 valence electrons. The second kappa shape index (κ2) is 9.02. The van der Waals surface area contributed by atoms with Crippen molar-refractivity contribution in [1.29, 1.82) is 0 Å². The van der Waals surface area contributed by atoms with Crippen molar-refractivity contribution < 1.29 is 1.37 Å². The molecule has 0 radical (unpaired) electrons. The lowest BCUT2D eigenvalue weighted by molar-refractivity contribution is 0.438. The van der Waals surface area contributed by atoms with Gasteiger partial charge in [-0.15, -0.1) is 12.8 Å². The molecule has 0 spiro atoms. The van der Waals surface area contributed by atoms with E-state index in [0.717, 1.165) is 0 Å². The number of hydrogen-bond donors (Lipinski definition) is 0. The van der Waals surface area contributed by atoms with Crippen molar-refractivity contribution in [3.63, 3.8) is 0 Å². The van der Waals surface area contributed by atoms with E-state index in [0.29, 0.717) is 12.1 Å². The summed E-state index contributed by atoms with van der Waals surface area (Å²) in [6.07, 6.45) is 19.0. The van der Waals surface area contributed by atoms with E-state index < -0.39 is 0 Å². The van der Waals surface area contributed by atoms with Gasteiger partial charge in [0.15, 0.2) is 0 Å². The Labute approximate surface area is 107 Å². The molecule has 2 aliphatic rings. The van der Waals surface area contributed by atoms with Gasteiger partial charge in [0.1, 0.15) is 1.37 Å². The van der Waals surface area contributed by atoms with Gasteiger partial charge in [0.25, 0.3) is 0 Å². The molecule has 2 nitrogen and oxygen atoms in total. The van der Waals surface area contributed by atoms with Gasteiger partial charge in [-0.25, -0.2) is 9.98 Å². The molecule has 0 aliphatic heterocycles. The second-order valence-electron chi connectivity index (χ2n) is 4.94. The molecule has 0 aromatic heterocycles. The Morgan fingerprint density at radius 2 is 1.18 bits per heavy atom. The van der Waals surface area contributed by atoms with E-state index in [9.17, 15) is 0 Å². The van der Waals surface area contributed by atoms with E-state index in [1.807, 2.05) is 0 Å². The van der Waals surface area contributed by atoms with Gasteiger partial charge in [-0.1, -0.05) is 38.5 Å². The maximum Gasteiger partial charge on any atom is 0.124 e. The first-order chi connectivity index (χ1) is 8.86. The van der Waals surface area contributed by atoms with Gasteiger partial charge in [-0.05, 0) is 25.7 Å². The number of hydrogen-bond acceptors (Lipinski definition) is 2. The fourth-order valence-electron chi connectivity index (χ4n) is 2.62. The topological polar surface area (TPSA) is 24.7 Å². The Kier molecular flexibility index (Phi) is 6.58. The van der Waals surface area contributed by atoms with E-state index in [-0.39, 0.29) is 0 Å². The summed E-state index contributed by atoms with van der Waals surface area (Å²) in [5, 5.41) is 0. The predicted molar refractivity (Wildman–Crippen MR) is 73.5 cm³/mol. The third-order valence-corrected chi connectivity index (χ3v) is 3.63. The molecule has 2 heteroatoms. The molecule has 0 aromatic rings.